The normalized spacial score (nSPS) is 13.1. The lowest BCUT2D eigenvalue weighted by Gasteiger charge is -2.14. The second-order valence-corrected chi connectivity index (χ2v) is 12.4. The molecule has 0 spiro atoms. The highest BCUT2D eigenvalue weighted by Crippen LogP contribution is 2.38. The van der Waals surface area contributed by atoms with Crippen LogP contribution in [0, 0.1) is 0 Å². The molecular weight excluding hydrogens is 700 g/mol. The third-order valence-corrected chi connectivity index (χ3v) is 9.25. The van der Waals surface area contributed by atoms with Gasteiger partial charge in [0.15, 0.2) is 11.5 Å². The van der Waals surface area contributed by atoms with Crippen molar-refractivity contribution in [1.82, 2.24) is 19.1 Å². The molecule has 16 heteroatoms. The lowest BCUT2D eigenvalue weighted by Crippen LogP contribution is -2.12. The second-order valence-electron chi connectivity index (χ2n) is 12.4. The monoisotopic (exact) mass is 734 g/mol. The predicted octanol–water partition coefficient (Wildman–Crippen LogP) is 4.58. The summed E-state index contributed by atoms with van der Waals surface area (Å²) in [6.07, 6.45) is 1.01. The van der Waals surface area contributed by atoms with Gasteiger partial charge in [-0.15, -0.1) is 0 Å². The number of carboxylic acids is 2. The first-order valence-electron chi connectivity index (χ1n) is 16.8. The second kappa shape index (κ2) is 14.1. The summed E-state index contributed by atoms with van der Waals surface area (Å²) in [5.41, 5.74) is 13.8. The van der Waals surface area contributed by atoms with Crippen molar-refractivity contribution in [3.8, 4) is 45.8 Å². The summed E-state index contributed by atoms with van der Waals surface area (Å²) in [6.45, 7) is 0.712. The van der Waals surface area contributed by atoms with Gasteiger partial charge in [-0.3, -0.25) is 9.59 Å². The molecule has 16 nitrogen and oxygen atoms in total. The van der Waals surface area contributed by atoms with E-state index >= 15 is 0 Å². The van der Waals surface area contributed by atoms with E-state index in [1.807, 2.05) is 9.13 Å². The van der Waals surface area contributed by atoms with Gasteiger partial charge in [0, 0.05) is 24.2 Å². The van der Waals surface area contributed by atoms with Crippen molar-refractivity contribution >= 4 is 45.8 Å². The van der Waals surface area contributed by atoms with E-state index in [0.717, 1.165) is 0 Å². The van der Waals surface area contributed by atoms with Crippen LogP contribution in [0.5, 0.6) is 23.0 Å². The fourth-order valence-corrected chi connectivity index (χ4v) is 6.83. The number of ether oxygens (including phenoxy) is 4. The molecule has 0 atom stereocenters. The number of nitrogens with two attached hydrogens (primary N) is 2. The Bertz CT molecular complexity index is 2520. The molecule has 276 valence electrons. The molecule has 6 N–H and O–H groups in total. The zero-order valence-corrected chi connectivity index (χ0v) is 29.1. The standard InChI is InChI=1S/C38H34N6O10/c1-51-31-23(33(39)45)9-11-27-29(31)41-35-21-7-5-20(18-26(21)38(49)50)54-16-15-53-19-6-8-22(37(47)48)25(17-19)36-42-30-28(44(36)14-4-3-13-43(27)35)12-10-24(34(40)46)32(30)52-2/h5-12,17-18H,3-4,13-16H2,1-2H3,(H2,39,45)(H2,40,46)(H,47,48)(H,49,50). The van der Waals surface area contributed by atoms with Gasteiger partial charge in [0.25, 0.3) is 11.8 Å². The van der Waals surface area contributed by atoms with Gasteiger partial charge in [-0.1, -0.05) is 0 Å². The number of hydrogen-bond donors (Lipinski definition) is 4. The van der Waals surface area contributed by atoms with Crippen molar-refractivity contribution in [3.63, 3.8) is 0 Å². The number of aromatic carboxylic acids is 2. The number of hydrogen-bond acceptors (Lipinski definition) is 10. The highest BCUT2D eigenvalue weighted by Gasteiger charge is 2.26. The molecule has 4 aromatic carbocycles. The summed E-state index contributed by atoms with van der Waals surface area (Å²) >= 11 is 0. The number of carbonyl (C=O) groups is 4. The third kappa shape index (κ3) is 6.12. The van der Waals surface area contributed by atoms with Crippen molar-refractivity contribution in [2.24, 2.45) is 11.5 Å². The van der Waals surface area contributed by atoms with Crippen LogP contribution in [-0.4, -0.2) is 80.5 Å². The van der Waals surface area contributed by atoms with Crippen molar-refractivity contribution < 1.29 is 48.3 Å². The maximum Gasteiger partial charge on any atom is 0.336 e. The Morgan fingerprint density at radius 3 is 1.57 bits per heavy atom. The number of primary amides is 2. The van der Waals surface area contributed by atoms with E-state index < -0.39 is 23.8 Å². The van der Waals surface area contributed by atoms with Gasteiger partial charge in [0.1, 0.15) is 47.4 Å². The largest absolute Gasteiger partial charge is 0.494 e. The summed E-state index contributed by atoms with van der Waals surface area (Å²) in [5, 5.41) is 20.6. The number of benzene rings is 4. The summed E-state index contributed by atoms with van der Waals surface area (Å²) in [5.74, 6) is -2.30. The minimum atomic E-state index is -1.21. The van der Waals surface area contributed by atoms with Crippen LogP contribution in [-0.2, 0) is 13.1 Å². The Balaban J connectivity index is 1.41. The summed E-state index contributed by atoms with van der Waals surface area (Å²) in [6, 6.07) is 15.6. The van der Waals surface area contributed by atoms with E-state index in [1.165, 1.54) is 44.6 Å². The maximum absolute atomic E-state index is 12.7. The lowest BCUT2D eigenvalue weighted by atomic mass is 10.1. The molecule has 6 aromatic rings. The molecule has 4 heterocycles. The first-order chi connectivity index (χ1) is 26.0. The van der Waals surface area contributed by atoms with E-state index in [9.17, 15) is 29.4 Å². The molecule has 8 rings (SSSR count). The quantitative estimate of drug-likeness (QED) is 0.184. The van der Waals surface area contributed by atoms with Gasteiger partial charge < -0.3 is 49.8 Å². The van der Waals surface area contributed by atoms with Gasteiger partial charge >= 0.3 is 11.9 Å². The number of aromatic nitrogens is 4. The van der Waals surface area contributed by atoms with Crippen molar-refractivity contribution in [3.05, 3.63) is 82.9 Å². The molecule has 54 heavy (non-hydrogen) atoms. The molecule has 0 unspecified atom stereocenters. The number of carboxylic acid groups (broad SMARTS) is 2. The van der Waals surface area contributed by atoms with Crippen molar-refractivity contribution in [2.75, 3.05) is 27.4 Å². The number of carbonyl (C=O) groups excluding carboxylic acids is 2. The Labute approximate surface area is 306 Å². The predicted molar refractivity (Wildman–Crippen MR) is 195 cm³/mol. The Kier molecular flexibility index (Phi) is 9.24. The number of fused-ring (bicyclic) bond motifs is 10. The number of amides is 2. The number of imidazole rings is 2. The first kappa shape index (κ1) is 35.3. The fraction of sp³-hybridized carbons (Fsp3) is 0.211. The Morgan fingerprint density at radius 1 is 0.630 bits per heavy atom. The van der Waals surface area contributed by atoms with Gasteiger partial charge in [-0.25, -0.2) is 19.6 Å². The smallest absolute Gasteiger partial charge is 0.336 e. The highest BCUT2D eigenvalue weighted by atomic mass is 16.5. The van der Waals surface area contributed by atoms with Crippen LogP contribution in [0.1, 0.15) is 54.3 Å². The molecule has 0 radical (unpaired) electrons. The van der Waals surface area contributed by atoms with E-state index in [2.05, 4.69) is 0 Å². The van der Waals surface area contributed by atoms with E-state index in [0.29, 0.717) is 71.0 Å². The Morgan fingerprint density at radius 2 is 1.09 bits per heavy atom. The van der Waals surface area contributed by atoms with Crippen LogP contribution in [0.2, 0.25) is 0 Å². The van der Waals surface area contributed by atoms with Gasteiger partial charge in [0.2, 0.25) is 0 Å². The molecule has 0 fully saturated rings. The molecule has 0 aliphatic carbocycles. The van der Waals surface area contributed by atoms with Gasteiger partial charge in [-0.2, -0.15) is 0 Å². The number of nitrogens with zero attached hydrogens (tertiary/aromatic N) is 4. The Hall–Kier alpha value is -7.10. The molecule has 0 saturated heterocycles. The van der Waals surface area contributed by atoms with Crippen molar-refractivity contribution in [1.29, 1.82) is 0 Å². The minimum Gasteiger partial charge on any atom is -0.494 e. The topological polar surface area (TPSA) is 233 Å². The number of methoxy groups -OCH3 is 2. The molecule has 2 aliphatic rings. The van der Waals surface area contributed by atoms with Gasteiger partial charge in [-0.05, 0) is 73.5 Å². The lowest BCUT2D eigenvalue weighted by molar-refractivity contribution is 0.0686. The third-order valence-electron chi connectivity index (χ3n) is 9.25. The van der Waals surface area contributed by atoms with Gasteiger partial charge in [0.05, 0.1) is 47.5 Å². The zero-order chi connectivity index (χ0) is 38.3. The first-order valence-corrected chi connectivity index (χ1v) is 16.8. The van der Waals surface area contributed by atoms with E-state index in [4.69, 9.17) is 40.4 Å². The number of aryl methyl sites for hydroxylation is 2. The van der Waals surface area contributed by atoms with Crippen LogP contribution >= 0.6 is 0 Å². The summed E-state index contributed by atoms with van der Waals surface area (Å²) in [7, 11) is 2.79. The summed E-state index contributed by atoms with van der Waals surface area (Å²) in [4.78, 5) is 59.4. The van der Waals surface area contributed by atoms with Crippen LogP contribution in [0.3, 0.4) is 0 Å². The van der Waals surface area contributed by atoms with Crippen LogP contribution in [0.25, 0.3) is 44.8 Å². The molecule has 2 aliphatic heterocycles. The molecule has 2 aromatic heterocycles. The van der Waals surface area contributed by atoms with E-state index in [1.54, 1.807) is 30.3 Å². The van der Waals surface area contributed by atoms with Crippen LogP contribution < -0.4 is 30.4 Å². The zero-order valence-electron chi connectivity index (χ0n) is 29.1. The van der Waals surface area contributed by atoms with Crippen molar-refractivity contribution in [2.45, 2.75) is 25.9 Å². The average Bonchev–Trinajstić information content (AvgIpc) is 3.71. The van der Waals surface area contributed by atoms with Crippen LogP contribution in [0.4, 0.5) is 0 Å². The SMILES string of the molecule is COc1c(C(N)=O)ccc2c1nc1n2CCCCn2c(nc3c(OC)c(C(N)=O)ccc32)-c2cc(ccc2C(=O)O)OCCOc2ccc-1c(C(=O)O)c2. The van der Waals surface area contributed by atoms with E-state index in [-0.39, 0.29) is 58.3 Å². The maximum atomic E-state index is 12.7. The molecular formula is C38H34N6O10. The molecule has 4 bridgehead atoms. The molecule has 2 amide bonds. The minimum absolute atomic E-state index is 0.0195. The highest BCUT2D eigenvalue weighted by molar-refractivity contribution is 6.04. The fourth-order valence-electron chi connectivity index (χ4n) is 6.83. The molecule has 0 saturated carbocycles. The number of rotatable bonds is 6. The summed E-state index contributed by atoms with van der Waals surface area (Å²) < 4.78 is 26.7. The average molecular weight is 735 g/mol. The van der Waals surface area contributed by atoms with Crippen LogP contribution in [0.15, 0.2) is 60.7 Å².